The molecule has 2 fully saturated rings. The molecule has 5 rings (SSSR count). The Bertz CT molecular complexity index is 1340. The van der Waals surface area contributed by atoms with Crippen molar-refractivity contribution in [3.8, 4) is 17.0 Å². The zero-order chi connectivity index (χ0) is 22.7. The quantitative estimate of drug-likeness (QED) is 0.542. The topological polar surface area (TPSA) is 95.0 Å². The smallest absolute Gasteiger partial charge is 0.165 e. The minimum atomic E-state index is -3.63. The minimum absolute atomic E-state index is 0.0103. The number of fused-ring (bicyclic) bond motifs is 1. The van der Waals surface area contributed by atoms with E-state index in [1.807, 2.05) is 24.3 Å². The summed E-state index contributed by atoms with van der Waals surface area (Å²) in [5.74, 6) is -0.0476. The van der Waals surface area contributed by atoms with Gasteiger partial charge in [-0.3, -0.25) is 5.41 Å². The summed E-state index contributed by atoms with van der Waals surface area (Å²) in [6.45, 7) is 1.66. The zero-order valence-corrected chi connectivity index (χ0v) is 18.9. The van der Waals surface area contributed by atoms with Crippen LogP contribution in [0.2, 0.25) is 0 Å². The molecule has 0 amide bonds. The zero-order valence-electron chi connectivity index (χ0n) is 18.1. The van der Waals surface area contributed by atoms with Crippen molar-refractivity contribution in [2.45, 2.75) is 42.9 Å². The molecule has 0 bridgehead atoms. The molecule has 3 aromatic rings. The summed E-state index contributed by atoms with van der Waals surface area (Å²) in [7, 11) is -2.03. The summed E-state index contributed by atoms with van der Waals surface area (Å²) in [6, 6.07) is 12.4. The van der Waals surface area contributed by atoms with Gasteiger partial charge in [0.15, 0.2) is 9.84 Å². The molecule has 1 saturated carbocycles. The van der Waals surface area contributed by atoms with Gasteiger partial charge in [-0.1, -0.05) is 25.0 Å². The van der Waals surface area contributed by atoms with Crippen LogP contribution in [-0.2, 0) is 15.4 Å². The van der Waals surface area contributed by atoms with E-state index in [1.165, 1.54) is 6.07 Å². The van der Waals surface area contributed by atoms with Crippen molar-refractivity contribution in [1.29, 1.82) is 5.41 Å². The van der Waals surface area contributed by atoms with Gasteiger partial charge in [-0.05, 0) is 55.7 Å². The van der Waals surface area contributed by atoms with E-state index >= 15 is 4.39 Å². The Hall–Kier alpha value is -2.87. The van der Waals surface area contributed by atoms with Crippen LogP contribution in [0.15, 0.2) is 42.5 Å². The van der Waals surface area contributed by atoms with Crippen LogP contribution in [0.25, 0.3) is 22.2 Å². The van der Waals surface area contributed by atoms with Gasteiger partial charge in [0.25, 0.3) is 0 Å². The highest BCUT2D eigenvalue weighted by molar-refractivity contribution is 7.93. The molecule has 2 aliphatic rings. The predicted octanol–water partition coefficient (Wildman–Crippen LogP) is 4.51. The van der Waals surface area contributed by atoms with Crippen LogP contribution in [0.3, 0.4) is 0 Å². The molecule has 3 N–H and O–H groups in total. The molecule has 1 aromatic heterocycles. The van der Waals surface area contributed by atoms with E-state index in [0.29, 0.717) is 18.6 Å². The molecule has 8 heteroatoms. The summed E-state index contributed by atoms with van der Waals surface area (Å²) in [6.07, 6.45) is 2.48. The van der Waals surface area contributed by atoms with Crippen molar-refractivity contribution >= 4 is 26.6 Å². The number of hydrogen-bond acceptors (Lipinski definition) is 4. The number of halogens is 1. The van der Waals surface area contributed by atoms with Crippen LogP contribution in [-0.4, -0.2) is 36.8 Å². The largest absolute Gasteiger partial charge is 0.495 e. The predicted molar refractivity (Wildman–Crippen MR) is 123 cm³/mol. The first-order chi connectivity index (χ1) is 15.2. The molecule has 2 aromatic carbocycles. The van der Waals surface area contributed by atoms with Crippen LogP contribution in [0.1, 0.15) is 38.2 Å². The van der Waals surface area contributed by atoms with Crippen LogP contribution >= 0.6 is 0 Å². The number of benzene rings is 2. The standard InChI is InChI=1S/C24H26FN3O3S/c1-23(14-32(29,30)24(22(26)28-23)10-3-4-11-24)17-12-15(8-9-18(17)25)19-13-16-6-5-7-20(31-2)21(16)27-19/h5-9,12-13,27H,3-4,10-11,14H2,1-2H3,(H2,26,28)/t23-/m0/s1. The lowest BCUT2D eigenvalue weighted by atomic mass is 9.89. The number of aromatic nitrogens is 1. The summed E-state index contributed by atoms with van der Waals surface area (Å²) in [5, 5.41) is 12.6. The molecule has 1 spiro atoms. The Morgan fingerprint density at radius 3 is 2.56 bits per heavy atom. The van der Waals surface area contributed by atoms with E-state index in [-0.39, 0.29) is 17.2 Å². The molecule has 32 heavy (non-hydrogen) atoms. The number of rotatable bonds is 3. The van der Waals surface area contributed by atoms with Gasteiger partial charge in [-0.25, -0.2) is 12.8 Å². The maximum atomic E-state index is 15.1. The van der Waals surface area contributed by atoms with Crippen LogP contribution in [0.4, 0.5) is 4.39 Å². The van der Waals surface area contributed by atoms with E-state index in [4.69, 9.17) is 10.1 Å². The van der Waals surface area contributed by atoms with Crippen LogP contribution in [0, 0.1) is 11.2 Å². The van der Waals surface area contributed by atoms with Gasteiger partial charge in [0.1, 0.15) is 22.1 Å². The van der Waals surface area contributed by atoms with Crippen LogP contribution in [0.5, 0.6) is 5.75 Å². The Balaban J connectivity index is 1.58. The molecule has 6 nitrogen and oxygen atoms in total. The molecular weight excluding hydrogens is 429 g/mol. The van der Waals surface area contributed by atoms with E-state index in [1.54, 1.807) is 26.2 Å². The van der Waals surface area contributed by atoms with Gasteiger partial charge in [0.2, 0.25) is 0 Å². The van der Waals surface area contributed by atoms with Crippen molar-refractivity contribution in [2.24, 2.45) is 0 Å². The summed E-state index contributed by atoms with van der Waals surface area (Å²) >= 11 is 0. The monoisotopic (exact) mass is 455 g/mol. The third kappa shape index (κ3) is 2.96. The number of nitrogens with one attached hydrogen (secondary N) is 3. The molecule has 1 saturated heterocycles. The number of para-hydroxylation sites is 1. The molecule has 2 heterocycles. The number of hydrogen-bond donors (Lipinski definition) is 3. The third-order valence-electron chi connectivity index (χ3n) is 7.05. The number of aromatic amines is 1. The maximum absolute atomic E-state index is 15.1. The highest BCUT2D eigenvalue weighted by Crippen LogP contribution is 2.44. The van der Waals surface area contributed by atoms with Gasteiger partial charge in [0.05, 0.1) is 23.9 Å². The van der Waals surface area contributed by atoms with Crippen molar-refractivity contribution in [2.75, 3.05) is 12.9 Å². The second-order valence-electron chi connectivity index (χ2n) is 9.09. The van der Waals surface area contributed by atoms with Gasteiger partial charge >= 0.3 is 0 Å². The lowest BCUT2D eigenvalue weighted by Crippen LogP contribution is -2.65. The number of amidine groups is 1. The van der Waals surface area contributed by atoms with Crippen molar-refractivity contribution in [3.63, 3.8) is 0 Å². The fourth-order valence-electron chi connectivity index (χ4n) is 5.32. The van der Waals surface area contributed by atoms with E-state index in [9.17, 15) is 8.42 Å². The van der Waals surface area contributed by atoms with Gasteiger partial charge in [-0.15, -0.1) is 0 Å². The first-order valence-corrected chi connectivity index (χ1v) is 12.4. The fourth-order valence-corrected chi connectivity index (χ4v) is 7.86. The molecule has 1 aliphatic carbocycles. The lowest BCUT2D eigenvalue weighted by molar-refractivity contribution is 0.415. The third-order valence-corrected chi connectivity index (χ3v) is 9.81. The molecule has 1 aliphatic heterocycles. The van der Waals surface area contributed by atoms with Crippen molar-refractivity contribution in [3.05, 3.63) is 53.8 Å². The van der Waals surface area contributed by atoms with E-state index in [2.05, 4.69) is 10.3 Å². The first kappa shape index (κ1) is 21.0. The maximum Gasteiger partial charge on any atom is 0.165 e. The second kappa shape index (κ2) is 7.07. The van der Waals surface area contributed by atoms with Crippen molar-refractivity contribution < 1.29 is 17.5 Å². The van der Waals surface area contributed by atoms with Gasteiger partial charge < -0.3 is 15.0 Å². The number of methoxy groups -OCH3 is 1. The van der Waals surface area contributed by atoms with Gasteiger partial charge in [-0.2, -0.15) is 0 Å². The number of sulfone groups is 1. The summed E-state index contributed by atoms with van der Waals surface area (Å²) < 4.78 is 46.0. The molecule has 1 atom stereocenters. The Morgan fingerprint density at radius 2 is 1.88 bits per heavy atom. The highest BCUT2D eigenvalue weighted by Gasteiger charge is 2.57. The number of ether oxygens (including phenoxy) is 1. The van der Waals surface area contributed by atoms with E-state index < -0.39 is 25.9 Å². The average Bonchev–Trinajstić information content (AvgIpc) is 3.40. The normalized spacial score (nSPS) is 24.0. The van der Waals surface area contributed by atoms with Crippen molar-refractivity contribution in [1.82, 2.24) is 10.3 Å². The highest BCUT2D eigenvalue weighted by atomic mass is 32.2. The molecule has 0 unspecified atom stereocenters. The lowest BCUT2D eigenvalue weighted by Gasteiger charge is -2.44. The Morgan fingerprint density at radius 1 is 1.12 bits per heavy atom. The summed E-state index contributed by atoms with van der Waals surface area (Å²) in [4.78, 5) is 3.33. The fraction of sp³-hybridized carbons (Fsp3) is 0.375. The second-order valence-corrected chi connectivity index (χ2v) is 11.4. The van der Waals surface area contributed by atoms with E-state index in [0.717, 1.165) is 35.0 Å². The average molecular weight is 456 g/mol. The molecule has 0 radical (unpaired) electrons. The molecular formula is C24H26FN3O3S. The number of H-pyrrole nitrogens is 1. The SMILES string of the molecule is COc1cccc2cc(-c3ccc(F)c([C@]4(C)CS(=O)(=O)C5(CCCC5)C(=N)N4)c3)[nH]c12. The summed E-state index contributed by atoms with van der Waals surface area (Å²) in [5.41, 5.74) is 1.35. The minimum Gasteiger partial charge on any atom is -0.495 e. The van der Waals surface area contributed by atoms with Crippen LogP contribution < -0.4 is 10.1 Å². The molecule has 168 valence electrons. The Kier molecular flexibility index (Phi) is 4.64. The Labute approximate surface area is 186 Å². The first-order valence-electron chi connectivity index (χ1n) is 10.7. The van der Waals surface area contributed by atoms with Gasteiger partial charge in [0, 0.05) is 16.6 Å².